The van der Waals surface area contributed by atoms with Gasteiger partial charge in [0.1, 0.15) is 0 Å². The summed E-state index contributed by atoms with van der Waals surface area (Å²) in [6.45, 7) is 7.54. The minimum absolute atomic E-state index is 0. The molecule has 2 N–H and O–H groups in total. The van der Waals surface area contributed by atoms with Crippen LogP contribution in [0.1, 0.15) is 31.4 Å². The SMILES string of the molecule is CCN(CC)Cc1ccc(CNC(=NC)NCCC(F)(F)F)cc1.I. The second-order valence-electron chi connectivity index (χ2n) is 5.50. The van der Waals surface area contributed by atoms with E-state index < -0.39 is 12.6 Å². The van der Waals surface area contributed by atoms with Gasteiger partial charge in [0, 0.05) is 26.7 Å². The van der Waals surface area contributed by atoms with Gasteiger partial charge in [0.05, 0.1) is 6.42 Å². The average Bonchev–Trinajstić information content (AvgIpc) is 2.55. The fraction of sp³-hybridized carbons (Fsp3) is 0.588. The molecular formula is C17H28F3IN4. The van der Waals surface area contributed by atoms with Gasteiger partial charge in [0.2, 0.25) is 0 Å². The van der Waals surface area contributed by atoms with Crippen LogP contribution in [0.5, 0.6) is 0 Å². The molecule has 0 aromatic heterocycles. The molecule has 0 heterocycles. The third kappa shape index (κ3) is 10.5. The van der Waals surface area contributed by atoms with Crippen molar-refractivity contribution in [1.29, 1.82) is 0 Å². The zero-order valence-corrected chi connectivity index (χ0v) is 17.3. The molecule has 0 aliphatic carbocycles. The Morgan fingerprint density at radius 2 is 1.60 bits per heavy atom. The second-order valence-corrected chi connectivity index (χ2v) is 5.50. The molecule has 0 amide bonds. The third-order valence-electron chi connectivity index (χ3n) is 3.71. The molecule has 0 fully saturated rings. The molecule has 1 rings (SSSR count). The molecule has 0 saturated heterocycles. The van der Waals surface area contributed by atoms with E-state index in [4.69, 9.17) is 0 Å². The molecule has 0 aliphatic heterocycles. The maximum atomic E-state index is 12.1. The lowest BCUT2D eigenvalue weighted by Gasteiger charge is -2.18. The van der Waals surface area contributed by atoms with E-state index in [0.717, 1.165) is 25.2 Å². The van der Waals surface area contributed by atoms with Gasteiger partial charge in [-0.15, -0.1) is 24.0 Å². The van der Waals surface area contributed by atoms with Gasteiger partial charge in [0.25, 0.3) is 0 Å². The Bertz CT molecular complexity index is 500. The highest BCUT2D eigenvalue weighted by molar-refractivity contribution is 14.0. The number of hydrogen-bond donors (Lipinski definition) is 2. The first-order chi connectivity index (χ1) is 11.4. The summed E-state index contributed by atoms with van der Waals surface area (Å²) in [5.74, 6) is 0.367. The Labute approximate surface area is 165 Å². The van der Waals surface area contributed by atoms with Crippen molar-refractivity contribution >= 4 is 29.9 Å². The van der Waals surface area contributed by atoms with E-state index in [1.54, 1.807) is 0 Å². The molecular weight excluding hydrogens is 444 g/mol. The molecule has 0 bridgehead atoms. The van der Waals surface area contributed by atoms with Crippen LogP contribution in [0.25, 0.3) is 0 Å². The number of hydrogen-bond acceptors (Lipinski definition) is 2. The second kappa shape index (κ2) is 12.3. The van der Waals surface area contributed by atoms with Crippen molar-refractivity contribution in [2.45, 2.75) is 39.5 Å². The summed E-state index contributed by atoms with van der Waals surface area (Å²) < 4.78 is 36.4. The smallest absolute Gasteiger partial charge is 0.356 e. The Hall–Kier alpha value is -1.03. The Balaban J connectivity index is 0.00000576. The van der Waals surface area contributed by atoms with Crippen molar-refractivity contribution in [3.8, 4) is 0 Å². The summed E-state index contributed by atoms with van der Waals surface area (Å²) in [5, 5.41) is 5.68. The lowest BCUT2D eigenvalue weighted by Crippen LogP contribution is -2.38. The van der Waals surface area contributed by atoms with Gasteiger partial charge < -0.3 is 10.6 Å². The minimum Gasteiger partial charge on any atom is -0.356 e. The van der Waals surface area contributed by atoms with Gasteiger partial charge in [-0.2, -0.15) is 13.2 Å². The minimum atomic E-state index is -4.16. The lowest BCUT2D eigenvalue weighted by molar-refractivity contribution is -0.132. The zero-order chi connectivity index (χ0) is 18.0. The van der Waals surface area contributed by atoms with Crippen LogP contribution >= 0.6 is 24.0 Å². The summed E-state index contributed by atoms with van der Waals surface area (Å²) in [6.07, 6.45) is -5.04. The van der Waals surface area contributed by atoms with Gasteiger partial charge in [0.15, 0.2) is 5.96 Å². The summed E-state index contributed by atoms with van der Waals surface area (Å²) in [4.78, 5) is 6.26. The van der Waals surface area contributed by atoms with Crippen LogP contribution in [0.3, 0.4) is 0 Å². The Kier molecular flexibility index (Phi) is 11.8. The molecule has 0 saturated carbocycles. The molecule has 0 aliphatic rings. The van der Waals surface area contributed by atoms with Crippen molar-refractivity contribution in [3.63, 3.8) is 0 Å². The van der Waals surface area contributed by atoms with Crippen LogP contribution in [-0.4, -0.2) is 43.7 Å². The van der Waals surface area contributed by atoms with Crippen molar-refractivity contribution in [3.05, 3.63) is 35.4 Å². The molecule has 1 aromatic rings. The van der Waals surface area contributed by atoms with Gasteiger partial charge in [-0.05, 0) is 24.2 Å². The molecule has 0 atom stereocenters. The van der Waals surface area contributed by atoms with Gasteiger partial charge in [-0.3, -0.25) is 9.89 Å². The van der Waals surface area contributed by atoms with E-state index in [2.05, 4.69) is 46.5 Å². The number of benzene rings is 1. The molecule has 1 aromatic carbocycles. The molecule has 25 heavy (non-hydrogen) atoms. The van der Waals surface area contributed by atoms with Crippen LogP contribution in [-0.2, 0) is 13.1 Å². The highest BCUT2D eigenvalue weighted by Gasteiger charge is 2.26. The van der Waals surface area contributed by atoms with E-state index in [1.165, 1.54) is 12.6 Å². The summed E-state index contributed by atoms with van der Waals surface area (Å²) in [5.41, 5.74) is 2.30. The summed E-state index contributed by atoms with van der Waals surface area (Å²) >= 11 is 0. The molecule has 0 unspecified atom stereocenters. The Morgan fingerprint density at radius 3 is 2.08 bits per heavy atom. The van der Waals surface area contributed by atoms with Gasteiger partial charge in [-0.1, -0.05) is 38.1 Å². The first-order valence-corrected chi connectivity index (χ1v) is 8.19. The Morgan fingerprint density at radius 1 is 1.04 bits per heavy atom. The largest absolute Gasteiger partial charge is 0.390 e. The number of nitrogens with one attached hydrogen (secondary N) is 2. The molecule has 0 spiro atoms. The van der Waals surface area contributed by atoms with Crippen molar-refractivity contribution in [1.82, 2.24) is 15.5 Å². The monoisotopic (exact) mass is 472 g/mol. The summed E-state index contributed by atoms with van der Waals surface area (Å²) in [6, 6.07) is 8.20. The summed E-state index contributed by atoms with van der Waals surface area (Å²) in [7, 11) is 1.54. The van der Waals surface area contributed by atoms with Crippen LogP contribution in [0, 0.1) is 0 Å². The van der Waals surface area contributed by atoms with E-state index >= 15 is 0 Å². The van der Waals surface area contributed by atoms with Crippen molar-refractivity contribution in [2.24, 2.45) is 4.99 Å². The highest BCUT2D eigenvalue weighted by atomic mass is 127. The van der Waals surface area contributed by atoms with Crippen LogP contribution in [0.4, 0.5) is 13.2 Å². The van der Waals surface area contributed by atoms with E-state index in [0.29, 0.717) is 12.5 Å². The average molecular weight is 472 g/mol. The predicted octanol–water partition coefficient (Wildman–Crippen LogP) is 3.76. The third-order valence-corrected chi connectivity index (χ3v) is 3.71. The standard InChI is InChI=1S/C17H27F3N4.HI/c1-4-24(5-2)13-15-8-6-14(7-9-15)12-23-16(21-3)22-11-10-17(18,19)20;/h6-9H,4-5,10-13H2,1-3H3,(H2,21,22,23);1H. The van der Waals surface area contributed by atoms with Crippen LogP contribution in [0.15, 0.2) is 29.3 Å². The first kappa shape index (κ1) is 24.0. The maximum Gasteiger partial charge on any atom is 0.390 e. The fourth-order valence-corrected chi connectivity index (χ4v) is 2.20. The number of rotatable bonds is 8. The fourth-order valence-electron chi connectivity index (χ4n) is 2.20. The van der Waals surface area contributed by atoms with Crippen molar-refractivity contribution < 1.29 is 13.2 Å². The van der Waals surface area contributed by atoms with Crippen molar-refractivity contribution in [2.75, 3.05) is 26.7 Å². The van der Waals surface area contributed by atoms with Crippen LogP contribution < -0.4 is 10.6 Å². The molecule has 4 nitrogen and oxygen atoms in total. The van der Waals surface area contributed by atoms with E-state index in [1.807, 2.05) is 12.1 Å². The number of alkyl halides is 3. The van der Waals surface area contributed by atoms with E-state index in [-0.39, 0.29) is 30.5 Å². The molecule has 0 radical (unpaired) electrons. The maximum absolute atomic E-state index is 12.1. The number of aliphatic imine (C=N–C) groups is 1. The first-order valence-electron chi connectivity index (χ1n) is 8.19. The van der Waals surface area contributed by atoms with E-state index in [9.17, 15) is 13.2 Å². The normalized spacial score (nSPS) is 12.0. The van der Waals surface area contributed by atoms with Gasteiger partial charge in [-0.25, -0.2) is 0 Å². The zero-order valence-electron chi connectivity index (χ0n) is 15.0. The quantitative estimate of drug-likeness (QED) is 0.344. The topological polar surface area (TPSA) is 39.7 Å². The predicted molar refractivity (Wildman–Crippen MR) is 107 cm³/mol. The highest BCUT2D eigenvalue weighted by Crippen LogP contribution is 2.18. The number of halogens is 4. The molecule has 144 valence electrons. The number of guanidine groups is 1. The van der Waals surface area contributed by atoms with Gasteiger partial charge >= 0.3 is 6.18 Å². The number of nitrogens with zero attached hydrogens (tertiary/aromatic N) is 2. The van der Waals surface area contributed by atoms with Crippen LogP contribution in [0.2, 0.25) is 0 Å². The molecule has 8 heteroatoms. The lowest BCUT2D eigenvalue weighted by atomic mass is 10.1.